The first-order valence-electron chi connectivity index (χ1n) is 15.9. The van der Waals surface area contributed by atoms with Crippen molar-refractivity contribution in [2.24, 2.45) is 11.3 Å². The molecule has 242 valence electrons. The molecule has 11 nitrogen and oxygen atoms in total. The highest BCUT2D eigenvalue weighted by Crippen LogP contribution is 2.42. The van der Waals surface area contributed by atoms with Gasteiger partial charge in [0.25, 0.3) is 11.8 Å². The van der Waals surface area contributed by atoms with E-state index < -0.39 is 41.1 Å². The highest BCUT2D eigenvalue weighted by Gasteiger charge is 2.47. The second-order valence-electron chi connectivity index (χ2n) is 13.6. The summed E-state index contributed by atoms with van der Waals surface area (Å²) < 4.78 is 12.0. The molecule has 1 spiro atoms. The van der Waals surface area contributed by atoms with Crippen LogP contribution in [0.15, 0.2) is 36.4 Å². The Hall–Kier alpha value is -3.83. The summed E-state index contributed by atoms with van der Waals surface area (Å²) in [6.45, 7) is 11.7. The highest BCUT2D eigenvalue weighted by atomic mass is 16.6. The zero-order valence-electron chi connectivity index (χ0n) is 27.0. The van der Waals surface area contributed by atoms with Crippen molar-refractivity contribution in [1.29, 1.82) is 0 Å². The Kier molecular flexibility index (Phi) is 9.32. The standard InChI is InChI=1S/C34H45N5O6/c1-20(2)28-30(41)36-22(4)31(42)39-16-7-8-26(38-39)29(40)35-21(3)25-12-11-24-10-9-23(18-27(24)37-25)13-14-34(32(43)45-28)15-17-44-33(5,6)19-34/h9-14,18,20-22,26,28,38H,7-8,15-17,19H2,1-6H3,(H,35,40)(H,36,41)/b14-13+/t21-,22+,26+,28+,34?/m1/s1. The molecular weight excluding hydrogens is 574 g/mol. The lowest BCUT2D eigenvalue weighted by atomic mass is 9.73. The van der Waals surface area contributed by atoms with Gasteiger partial charge in [-0.15, -0.1) is 0 Å². The third-order valence-electron chi connectivity index (χ3n) is 8.92. The third-order valence-corrected chi connectivity index (χ3v) is 8.92. The molecule has 2 fully saturated rings. The van der Waals surface area contributed by atoms with Crippen molar-refractivity contribution in [3.05, 3.63) is 47.7 Å². The van der Waals surface area contributed by atoms with Crippen molar-refractivity contribution in [3.63, 3.8) is 0 Å². The Labute approximate surface area is 264 Å². The van der Waals surface area contributed by atoms with Crippen LogP contribution in [-0.2, 0) is 28.7 Å². The van der Waals surface area contributed by atoms with Crippen LogP contribution in [0.25, 0.3) is 17.0 Å². The molecule has 0 saturated carbocycles. The average Bonchev–Trinajstić information content (AvgIpc) is 3.00. The molecule has 2 saturated heterocycles. The molecule has 11 heteroatoms. The number of hydrazine groups is 1. The first-order valence-corrected chi connectivity index (χ1v) is 15.9. The molecule has 5 bridgehead atoms. The molecule has 3 N–H and O–H groups in total. The van der Waals surface area contributed by atoms with E-state index in [1.807, 2.05) is 63.3 Å². The molecular formula is C34H45N5O6. The number of benzene rings is 1. The number of carbonyl (C=O) groups excluding carboxylic acids is 4. The maximum absolute atomic E-state index is 14.1. The minimum absolute atomic E-state index is 0.238. The molecule has 1 unspecified atom stereocenters. The van der Waals surface area contributed by atoms with Gasteiger partial charge >= 0.3 is 5.97 Å². The van der Waals surface area contributed by atoms with Crippen LogP contribution in [-0.4, -0.2) is 70.6 Å². The fourth-order valence-corrected chi connectivity index (χ4v) is 6.38. The van der Waals surface area contributed by atoms with Gasteiger partial charge in [0.05, 0.1) is 28.3 Å². The quantitative estimate of drug-likeness (QED) is 0.412. The van der Waals surface area contributed by atoms with Crippen molar-refractivity contribution in [2.75, 3.05) is 13.2 Å². The number of aromatic nitrogens is 1. The number of nitrogens with zero attached hydrogens (tertiary/aromatic N) is 2. The Bertz CT molecular complexity index is 1510. The van der Waals surface area contributed by atoms with Crippen LogP contribution in [0.3, 0.4) is 0 Å². The van der Waals surface area contributed by atoms with Crippen molar-refractivity contribution in [3.8, 4) is 0 Å². The van der Waals surface area contributed by atoms with Crippen LogP contribution < -0.4 is 16.1 Å². The van der Waals surface area contributed by atoms with E-state index in [4.69, 9.17) is 14.5 Å². The lowest BCUT2D eigenvalue weighted by Gasteiger charge is -2.42. The predicted octanol–water partition coefficient (Wildman–Crippen LogP) is 3.58. The fraction of sp³-hybridized carbons (Fsp3) is 0.559. The minimum atomic E-state index is -1.12. The summed E-state index contributed by atoms with van der Waals surface area (Å²) in [4.78, 5) is 59.1. The number of cyclic esters (lactones) is 1. The zero-order valence-corrected chi connectivity index (χ0v) is 27.0. The normalized spacial score (nSPS) is 30.6. The van der Waals surface area contributed by atoms with Crippen LogP contribution in [0.2, 0.25) is 0 Å². The Morgan fingerprint density at radius 2 is 1.73 bits per heavy atom. The molecule has 4 heterocycles. The van der Waals surface area contributed by atoms with E-state index >= 15 is 0 Å². The fourth-order valence-electron chi connectivity index (χ4n) is 6.38. The van der Waals surface area contributed by atoms with Crippen molar-refractivity contribution in [1.82, 2.24) is 26.1 Å². The van der Waals surface area contributed by atoms with Gasteiger partial charge in [-0.3, -0.25) is 29.2 Å². The van der Waals surface area contributed by atoms with E-state index in [0.29, 0.717) is 44.5 Å². The van der Waals surface area contributed by atoms with Crippen LogP contribution in [0.4, 0.5) is 0 Å². The molecule has 5 atom stereocenters. The van der Waals surface area contributed by atoms with Gasteiger partial charge in [-0.2, -0.15) is 0 Å². The summed E-state index contributed by atoms with van der Waals surface area (Å²) in [5.74, 6) is -2.03. The van der Waals surface area contributed by atoms with Gasteiger partial charge in [-0.25, -0.2) is 5.43 Å². The van der Waals surface area contributed by atoms with Crippen LogP contribution in [0.1, 0.15) is 84.5 Å². The van der Waals surface area contributed by atoms with E-state index in [9.17, 15) is 19.2 Å². The molecule has 1 aromatic heterocycles. The Morgan fingerprint density at radius 3 is 2.47 bits per heavy atom. The summed E-state index contributed by atoms with van der Waals surface area (Å²) in [6, 6.07) is 7.84. The minimum Gasteiger partial charge on any atom is -0.451 e. The van der Waals surface area contributed by atoms with Gasteiger partial charge in [-0.05, 0) is 77.0 Å². The number of rotatable bonds is 1. The first-order chi connectivity index (χ1) is 21.3. The summed E-state index contributed by atoms with van der Waals surface area (Å²) in [7, 11) is 0. The number of esters is 1. The molecule has 0 radical (unpaired) electrons. The van der Waals surface area contributed by atoms with Gasteiger partial charge in [0.1, 0.15) is 12.1 Å². The Morgan fingerprint density at radius 1 is 1.00 bits per heavy atom. The summed E-state index contributed by atoms with van der Waals surface area (Å²) in [5, 5.41) is 8.12. The second-order valence-corrected chi connectivity index (χ2v) is 13.6. The zero-order chi connectivity index (χ0) is 32.5. The smallest absolute Gasteiger partial charge is 0.316 e. The van der Waals surface area contributed by atoms with Crippen molar-refractivity contribution < 1.29 is 28.7 Å². The first kappa shape index (κ1) is 32.6. The lowest BCUT2D eigenvalue weighted by Crippen LogP contribution is -2.61. The number of hydrogen-bond donors (Lipinski definition) is 3. The summed E-state index contributed by atoms with van der Waals surface area (Å²) >= 11 is 0. The maximum atomic E-state index is 14.1. The van der Waals surface area contributed by atoms with E-state index in [1.54, 1.807) is 20.8 Å². The van der Waals surface area contributed by atoms with E-state index in [2.05, 4.69) is 16.1 Å². The van der Waals surface area contributed by atoms with Gasteiger partial charge in [-0.1, -0.05) is 44.2 Å². The average molecular weight is 620 g/mol. The van der Waals surface area contributed by atoms with Gasteiger partial charge in [0, 0.05) is 18.5 Å². The largest absolute Gasteiger partial charge is 0.451 e. The molecule has 45 heavy (non-hydrogen) atoms. The molecule has 3 aliphatic rings. The Balaban J connectivity index is 1.55. The highest BCUT2D eigenvalue weighted by molar-refractivity contribution is 5.92. The number of nitrogens with one attached hydrogen (secondary N) is 3. The SMILES string of the molecule is CC(C)[C@@H]1OC(=O)C2(/C=C/c3ccc4ccc(nc4c3)[C@@H](C)NC(=O)[C@@H]3CCCN(N3)C(=O)[C@H](C)NC1=O)CCOC(C)(C)C2. The van der Waals surface area contributed by atoms with Crippen LogP contribution >= 0.6 is 0 Å². The van der Waals surface area contributed by atoms with Gasteiger partial charge in [0.15, 0.2) is 6.10 Å². The molecule has 2 aromatic rings. The maximum Gasteiger partial charge on any atom is 0.316 e. The van der Waals surface area contributed by atoms with Gasteiger partial charge in [0.2, 0.25) is 5.91 Å². The third kappa shape index (κ3) is 7.20. The molecule has 0 aliphatic carbocycles. The van der Waals surface area contributed by atoms with Gasteiger partial charge < -0.3 is 20.1 Å². The topological polar surface area (TPSA) is 139 Å². The predicted molar refractivity (Wildman–Crippen MR) is 169 cm³/mol. The monoisotopic (exact) mass is 619 g/mol. The number of hydrogen-bond acceptors (Lipinski definition) is 8. The molecule has 3 amide bonds. The number of pyridine rings is 1. The number of amides is 3. The number of ether oxygens (including phenoxy) is 2. The van der Waals surface area contributed by atoms with Crippen LogP contribution in [0.5, 0.6) is 0 Å². The van der Waals surface area contributed by atoms with Crippen molar-refractivity contribution in [2.45, 2.75) is 97.1 Å². The summed E-state index contributed by atoms with van der Waals surface area (Å²) in [5.41, 5.74) is 3.72. The summed E-state index contributed by atoms with van der Waals surface area (Å²) in [6.07, 6.45) is 4.58. The van der Waals surface area contributed by atoms with E-state index in [1.165, 1.54) is 5.01 Å². The lowest BCUT2D eigenvalue weighted by molar-refractivity contribution is -0.177. The number of fused-ring (bicyclic) bond motifs is 4. The van der Waals surface area contributed by atoms with E-state index in [-0.39, 0.29) is 23.8 Å². The molecule has 5 rings (SSSR count). The van der Waals surface area contributed by atoms with E-state index in [0.717, 1.165) is 16.5 Å². The second kappa shape index (κ2) is 12.9. The van der Waals surface area contributed by atoms with Crippen molar-refractivity contribution >= 4 is 40.7 Å². The molecule has 3 aliphatic heterocycles. The number of carbonyl (C=O) groups is 4. The molecule has 1 aromatic carbocycles. The van der Waals surface area contributed by atoms with Crippen LogP contribution in [0, 0.1) is 11.3 Å².